The molecule has 1 aromatic carbocycles. The van der Waals surface area contributed by atoms with E-state index >= 15 is 0 Å². The number of benzene rings is 1. The molecule has 4 unspecified atom stereocenters. The lowest BCUT2D eigenvalue weighted by atomic mass is 9.91. The molecular formula is C26H32F2N3O3+. The normalized spacial score (nSPS) is 26.9. The van der Waals surface area contributed by atoms with Crippen molar-refractivity contribution < 1.29 is 27.7 Å². The van der Waals surface area contributed by atoms with Crippen LogP contribution in [0.4, 0.5) is 8.78 Å². The predicted molar refractivity (Wildman–Crippen MR) is 124 cm³/mol. The molecule has 0 saturated carbocycles. The van der Waals surface area contributed by atoms with E-state index < -0.39 is 29.8 Å². The van der Waals surface area contributed by atoms with Crippen LogP contribution in [0.2, 0.25) is 0 Å². The Morgan fingerprint density at radius 3 is 2.59 bits per heavy atom. The number of quaternary nitrogens is 1. The number of allylic oxidation sites excluding steroid dienone is 4. The van der Waals surface area contributed by atoms with E-state index in [1.54, 1.807) is 4.90 Å². The quantitative estimate of drug-likeness (QED) is 0.631. The highest BCUT2D eigenvalue weighted by Gasteiger charge is 2.51. The Labute approximate surface area is 198 Å². The topological polar surface area (TPSA) is 66.6 Å². The lowest BCUT2D eigenvalue weighted by molar-refractivity contribution is -0.972. The van der Waals surface area contributed by atoms with Crippen molar-refractivity contribution in [1.82, 2.24) is 10.1 Å². The zero-order chi connectivity index (χ0) is 24.6. The lowest BCUT2D eigenvalue weighted by Crippen LogP contribution is -2.68. The van der Waals surface area contributed by atoms with Gasteiger partial charge in [0.15, 0.2) is 17.3 Å². The number of hydrogen-bond donors (Lipinski definition) is 1. The van der Waals surface area contributed by atoms with E-state index in [1.807, 2.05) is 44.4 Å². The maximum absolute atomic E-state index is 13.7. The van der Waals surface area contributed by atoms with Crippen molar-refractivity contribution in [2.75, 3.05) is 20.6 Å². The Kier molecular flexibility index (Phi) is 6.73. The molecule has 1 N–H and O–H groups in total. The smallest absolute Gasteiger partial charge is 0.276 e. The third-order valence-electron chi connectivity index (χ3n) is 7.00. The van der Waals surface area contributed by atoms with Gasteiger partial charge < -0.3 is 14.5 Å². The van der Waals surface area contributed by atoms with Crippen LogP contribution in [-0.4, -0.2) is 58.5 Å². The van der Waals surface area contributed by atoms with Crippen LogP contribution in [-0.2, 0) is 0 Å². The molecule has 1 aliphatic heterocycles. The summed E-state index contributed by atoms with van der Waals surface area (Å²) in [7, 11) is 3.98. The largest absolute Gasteiger partial charge is 0.360 e. The van der Waals surface area contributed by atoms with E-state index in [-0.39, 0.29) is 30.0 Å². The van der Waals surface area contributed by atoms with Crippen molar-refractivity contribution in [3.8, 4) is 0 Å². The number of halogens is 2. The van der Waals surface area contributed by atoms with Crippen LogP contribution < -0.4 is 0 Å². The van der Waals surface area contributed by atoms with Crippen molar-refractivity contribution in [3.63, 3.8) is 0 Å². The Hall–Kier alpha value is -2.84. The van der Waals surface area contributed by atoms with Gasteiger partial charge in [0.1, 0.15) is 17.8 Å². The molecule has 4 rings (SSSR count). The average molecular weight is 473 g/mol. The molecule has 2 heterocycles. The molecule has 182 valence electrons. The highest BCUT2D eigenvalue weighted by atomic mass is 19.2. The second-order valence-corrected chi connectivity index (χ2v) is 10.1. The Morgan fingerprint density at radius 2 is 1.94 bits per heavy atom. The number of aromatic nitrogens is 1. The summed E-state index contributed by atoms with van der Waals surface area (Å²) in [6.45, 7) is 4.52. The van der Waals surface area contributed by atoms with Gasteiger partial charge in [-0.05, 0) is 30.9 Å². The molecule has 8 heteroatoms. The molecular weight excluding hydrogens is 440 g/mol. The van der Waals surface area contributed by atoms with E-state index in [0.29, 0.717) is 23.2 Å². The first-order chi connectivity index (χ1) is 16.1. The number of aliphatic hydroxyl groups is 1. The fourth-order valence-corrected chi connectivity index (χ4v) is 5.01. The molecule has 1 aliphatic carbocycles. The Balaban J connectivity index is 1.65. The van der Waals surface area contributed by atoms with E-state index in [2.05, 4.69) is 19.0 Å². The molecule has 6 nitrogen and oxygen atoms in total. The monoisotopic (exact) mass is 472 g/mol. The summed E-state index contributed by atoms with van der Waals surface area (Å²) in [4.78, 5) is 15.4. The number of likely N-dealkylation sites (N-methyl/N-ethyl adjacent to an activating group) is 1. The number of hydrogen-bond acceptors (Lipinski definition) is 4. The number of aliphatic hydroxyl groups excluding tert-OH is 1. The van der Waals surface area contributed by atoms with Crippen LogP contribution >= 0.6 is 0 Å². The highest BCUT2D eigenvalue weighted by Crippen LogP contribution is 2.38. The predicted octanol–water partition coefficient (Wildman–Crippen LogP) is 4.88. The lowest BCUT2D eigenvalue weighted by Gasteiger charge is -2.53. The summed E-state index contributed by atoms with van der Waals surface area (Å²) in [5, 5.41) is 15.4. The minimum absolute atomic E-state index is 0.0961. The van der Waals surface area contributed by atoms with Crippen molar-refractivity contribution in [1.29, 1.82) is 0 Å². The fourth-order valence-electron chi connectivity index (χ4n) is 5.01. The number of amides is 1. The SMILES string of the molecule is CC(C)CC1C(O)[N+](C)(C)C(c2ccccc2)CN1C(=O)c1cc(C2C=C(F)C(F)=CC2)on1. The molecule has 0 bridgehead atoms. The van der Waals surface area contributed by atoms with Crippen LogP contribution in [0.1, 0.15) is 60.5 Å². The molecule has 34 heavy (non-hydrogen) atoms. The summed E-state index contributed by atoms with van der Waals surface area (Å²) in [6.07, 6.45) is 2.35. The Bertz CT molecular complexity index is 1090. The van der Waals surface area contributed by atoms with Crippen molar-refractivity contribution in [2.24, 2.45) is 5.92 Å². The third-order valence-corrected chi connectivity index (χ3v) is 7.00. The first-order valence-electron chi connectivity index (χ1n) is 11.7. The maximum atomic E-state index is 13.7. The van der Waals surface area contributed by atoms with E-state index in [1.165, 1.54) is 6.07 Å². The number of carbonyl (C=O) groups is 1. The highest BCUT2D eigenvalue weighted by molar-refractivity contribution is 5.92. The second kappa shape index (κ2) is 9.43. The number of carbonyl (C=O) groups excluding carboxylic acids is 1. The van der Waals surface area contributed by atoms with Crippen LogP contribution in [0.25, 0.3) is 0 Å². The average Bonchev–Trinajstić information content (AvgIpc) is 3.29. The van der Waals surface area contributed by atoms with Gasteiger partial charge in [0, 0.05) is 17.5 Å². The third kappa shape index (κ3) is 4.57. The number of piperazine rings is 1. The van der Waals surface area contributed by atoms with E-state index in [0.717, 1.165) is 17.7 Å². The van der Waals surface area contributed by atoms with E-state index in [9.17, 15) is 18.7 Å². The summed E-state index contributed by atoms with van der Waals surface area (Å²) >= 11 is 0. The summed E-state index contributed by atoms with van der Waals surface area (Å²) < 4.78 is 32.8. The summed E-state index contributed by atoms with van der Waals surface area (Å²) in [5.74, 6) is -2.15. The van der Waals surface area contributed by atoms with Gasteiger partial charge in [0.25, 0.3) is 5.91 Å². The molecule has 4 atom stereocenters. The first-order valence-corrected chi connectivity index (χ1v) is 11.7. The Morgan fingerprint density at radius 1 is 1.24 bits per heavy atom. The van der Waals surface area contributed by atoms with Gasteiger partial charge in [-0.15, -0.1) is 0 Å². The molecule has 0 radical (unpaired) electrons. The summed E-state index contributed by atoms with van der Waals surface area (Å²) in [6, 6.07) is 10.8. The van der Waals surface area contributed by atoms with Crippen molar-refractivity contribution in [2.45, 2.75) is 50.9 Å². The van der Waals surface area contributed by atoms with Gasteiger partial charge in [-0.2, -0.15) is 0 Å². The molecule has 1 saturated heterocycles. The van der Waals surface area contributed by atoms with Gasteiger partial charge in [-0.3, -0.25) is 9.28 Å². The standard InChI is InChI=1S/C26H32F2N3O3/c1-16(2)12-22-26(33)31(3,4)23(17-8-6-5-7-9-17)15-30(22)25(32)21-14-24(34-29-21)18-10-11-19(27)20(28)13-18/h5-9,11,13-14,16,18,22-23,26,33H,10,12,15H2,1-4H3/q+1. The van der Waals surface area contributed by atoms with Crippen LogP contribution in [0.15, 0.2) is 64.7 Å². The zero-order valence-corrected chi connectivity index (χ0v) is 20.0. The zero-order valence-electron chi connectivity index (χ0n) is 20.0. The minimum atomic E-state index is -0.942. The van der Waals surface area contributed by atoms with Crippen LogP contribution in [0.3, 0.4) is 0 Å². The van der Waals surface area contributed by atoms with Gasteiger partial charge in [0.05, 0.1) is 20.6 Å². The van der Waals surface area contributed by atoms with Gasteiger partial charge in [-0.25, -0.2) is 8.78 Å². The van der Waals surface area contributed by atoms with Gasteiger partial charge >= 0.3 is 0 Å². The van der Waals surface area contributed by atoms with Gasteiger partial charge in [-0.1, -0.05) is 49.3 Å². The number of nitrogens with zero attached hydrogens (tertiary/aromatic N) is 3. The minimum Gasteiger partial charge on any atom is -0.360 e. The fraction of sp³-hybridized carbons (Fsp3) is 0.462. The molecule has 2 aliphatic rings. The van der Waals surface area contributed by atoms with E-state index in [4.69, 9.17) is 4.52 Å². The van der Waals surface area contributed by atoms with Crippen molar-refractivity contribution >= 4 is 5.91 Å². The molecule has 0 spiro atoms. The molecule has 2 aromatic rings. The van der Waals surface area contributed by atoms with Crippen LogP contribution in [0.5, 0.6) is 0 Å². The second-order valence-electron chi connectivity index (χ2n) is 10.1. The molecule has 1 aromatic heterocycles. The summed E-state index contributed by atoms with van der Waals surface area (Å²) in [5.41, 5.74) is 1.13. The molecule has 1 amide bonds. The van der Waals surface area contributed by atoms with Crippen LogP contribution in [0, 0.1) is 5.92 Å². The molecule has 1 fully saturated rings. The van der Waals surface area contributed by atoms with Crippen molar-refractivity contribution in [3.05, 3.63) is 77.2 Å². The maximum Gasteiger partial charge on any atom is 0.276 e. The van der Waals surface area contributed by atoms with Gasteiger partial charge in [0.2, 0.25) is 6.23 Å². The first kappa shape index (κ1) is 24.3. The number of rotatable bonds is 5.